The van der Waals surface area contributed by atoms with Crippen LogP contribution in [0.1, 0.15) is 6.42 Å². The molecule has 4 nitrogen and oxygen atoms in total. The van der Waals surface area contributed by atoms with Crippen molar-refractivity contribution in [1.29, 1.82) is 0 Å². The molecule has 1 aromatic carbocycles. The fraction of sp³-hybridized carbons (Fsp3) is 0.364. The minimum atomic E-state index is -1.49. The van der Waals surface area contributed by atoms with Crippen molar-refractivity contribution in [2.45, 2.75) is 12.0 Å². The zero-order chi connectivity index (χ0) is 11.6. The summed E-state index contributed by atoms with van der Waals surface area (Å²) in [5.74, 6) is -0.997. The summed E-state index contributed by atoms with van der Waals surface area (Å²) in [5.41, 5.74) is -1.17. The number of nitrogens with one attached hydrogen (secondary N) is 1. The van der Waals surface area contributed by atoms with Crippen molar-refractivity contribution in [2.75, 3.05) is 18.5 Å². The minimum absolute atomic E-state index is 0.0197. The van der Waals surface area contributed by atoms with E-state index in [-0.39, 0.29) is 13.0 Å². The molecule has 1 amide bonds. The van der Waals surface area contributed by atoms with Crippen molar-refractivity contribution < 1.29 is 19.0 Å². The first-order chi connectivity index (χ1) is 7.60. The fourth-order valence-electron chi connectivity index (χ4n) is 1.55. The highest BCUT2D eigenvalue weighted by Crippen LogP contribution is 2.20. The van der Waals surface area contributed by atoms with Gasteiger partial charge in [0.05, 0.1) is 13.2 Å². The summed E-state index contributed by atoms with van der Waals surface area (Å²) in [6.07, 6.45) is 0.258. The van der Waals surface area contributed by atoms with Crippen LogP contribution in [0.2, 0.25) is 0 Å². The maximum Gasteiger partial charge on any atom is 0.258 e. The standard InChI is InChI=1S/C11H12FNO3/c12-8-2-1-3-9(6-8)13-10(14)11(15)4-5-16-7-11/h1-3,6,15H,4-5,7H2,(H,13,14). The Balaban J connectivity index is 2.07. The van der Waals surface area contributed by atoms with Crippen molar-refractivity contribution in [3.05, 3.63) is 30.1 Å². The minimum Gasteiger partial charge on any atom is -0.378 e. The highest BCUT2D eigenvalue weighted by atomic mass is 19.1. The predicted octanol–water partition coefficient (Wildman–Crippen LogP) is 0.916. The van der Waals surface area contributed by atoms with Crippen LogP contribution in [0.3, 0.4) is 0 Å². The molecule has 1 heterocycles. The van der Waals surface area contributed by atoms with Crippen molar-refractivity contribution >= 4 is 11.6 Å². The summed E-state index contributed by atoms with van der Waals surface area (Å²) in [5, 5.41) is 12.3. The number of carbonyl (C=O) groups excluding carboxylic acids is 1. The molecular weight excluding hydrogens is 213 g/mol. The average molecular weight is 225 g/mol. The molecule has 0 aliphatic carbocycles. The van der Waals surface area contributed by atoms with Gasteiger partial charge < -0.3 is 15.2 Å². The highest BCUT2D eigenvalue weighted by Gasteiger charge is 2.40. The number of anilines is 1. The Morgan fingerprint density at radius 1 is 1.56 bits per heavy atom. The zero-order valence-electron chi connectivity index (χ0n) is 8.57. The molecule has 1 aliphatic heterocycles. The molecule has 1 aromatic rings. The molecule has 0 bridgehead atoms. The van der Waals surface area contributed by atoms with E-state index in [1.165, 1.54) is 18.2 Å². The van der Waals surface area contributed by atoms with Gasteiger partial charge in [-0.1, -0.05) is 6.07 Å². The molecule has 5 heteroatoms. The van der Waals surface area contributed by atoms with Crippen LogP contribution in [0.25, 0.3) is 0 Å². The van der Waals surface area contributed by atoms with Crippen molar-refractivity contribution in [3.63, 3.8) is 0 Å². The normalized spacial score (nSPS) is 24.4. The van der Waals surface area contributed by atoms with Crippen LogP contribution in [0.15, 0.2) is 24.3 Å². The Hall–Kier alpha value is -1.46. The van der Waals surface area contributed by atoms with E-state index >= 15 is 0 Å². The third kappa shape index (κ3) is 2.20. The molecule has 0 saturated carbocycles. The largest absolute Gasteiger partial charge is 0.378 e. The molecule has 2 N–H and O–H groups in total. The Labute approximate surface area is 92.0 Å². The first-order valence-electron chi connectivity index (χ1n) is 4.97. The van der Waals surface area contributed by atoms with Crippen LogP contribution in [-0.4, -0.2) is 29.8 Å². The molecule has 0 radical (unpaired) electrons. The Bertz CT molecular complexity index is 402. The number of benzene rings is 1. The second-order valence-corrected chi connectivity index (χ2v) is 3.80. The van der Waals surface area contributed by atoms with Gasteiger partial charge in [0.2, 0.25) is 0 Å². The van der Waals surface area contributed by atoms with Gasteiger partial charge in [-0.3, -0.25) is 4.79 Å². The molecule has 1 unspecified atom stereocenters. The predicted molar refractivity (Wildman–Crippen MR) is 55.4 cm³/mol. The number of ether oxygens (including phenoxy) is 1. The lowest BCUT2D eigenvalue weighted by Gasteiger charge is -2.19. The number of amides is 1. The van der Waals surface area contributed by atoms with E-state index in [0.717, 1.165) is 0 Å². The van der Waals surface area contributed by atoms with Crippen LogP contribution < -0.4 is 5.32 Å². The van der Waals surface area contributed by atoms with Gasteiger partial charge in [-0.05, 0) is 18.2 Å². The zero-order valence-corrected chi connectivity index (χ0v) is 8.57. The van der Waals surface area contributed by atoms with Crippen molar-refractivity contribution in [3.8, 4) is 0 Å². The summed E-state index contributed by atoms with van der Waals surface area (Å²) >= 11 is 0. The maximum atomic E-state index is 12.9. The van der Waals surface area contributed by atoms with E-state index in [2.05, 4.69) is 5.32 Å². The molecule has 16 heavy (non-hydrogen) atoms. The summed E-state index contributed by atoms with van der Waals surface area (Å²) in [6, 6.07) is 5.51. The van der Waals surface area contributed by atoms with Crippen LogP contribution in [0, 0.1) is 5.82 Å². The van der Waals surface area contributed by atoms with Crippen LogP contribution >= 0.6 is 0 Å². The smallest absolute Gasteiger partial charge is 0.258 e. The monoisotopic (exact) mass is 225 g/mol. The Kier molecular flexibility index (Phi) is 2.89. The van der Waals surface area contributed by atoms with E-state index in [1.807, 2.05) is 0 Å². The number of aliphatic hydroxyl groups is 1. The van der Waals surface area contributed by atoms with E-state index in [0.29, 0.717) is 12.3 Å². The number of carbonyl (C=O) groups is 1. The van der Waals surface area contributed by atoms with Gasteiger partial charge in [-0.15, -0.1) is 0 Å². The molecule has 0 aromatic heterocycles. The van der Waals surface area contributed by atoms with Gasteiger partial charge >= 0.3 is 0 Å². The summed E-state index contributed by atoms with van der Waals surface area (Å²) in [7, 11) is 0. The fourth-order valence-corrected chi connectivity index (χ4v) is 1.55. The lowest BCUT2D eigenvalue weighted by Crippen LogP contribution is -2.43. The van der Waals surface area contributed by atoms with Gasteiger partial charge in [0.15, 0.2) is 5.60 Å². The second-order valence-electron chi connectivity index (χ2n) is 3.80. The molecule has 1 saturated heterocycles. The van der Waals surface area contributed by atoms with Crippen molar-refractivity contribution in [2.24, 2.45) is 0 Å². The number of rotatable bonds is 2. The maximum absolute atomic E-state index is 12.9. The highest BCUT2D eigenvalue weighted by molar-refractivity contribution is 5.97. The lowest BCUT2D eigenvalue weighted by atomic mass is 10.0. The Morgan fingerprint density at radius 3 is 3.00 bits per heavy atom. The van der Waals surface area contributed by atoms with Gasteiger partial charge in [-0.25, -0.2) is 4.39 Å². The van der Waals surface area contributed by atoms with Crippen LogP contribution in [0.4, 0.5) is 10.1 Å². The van der Waals surface area contributed by atoms with Crippen molar-refractivity contribution in [1.82, 2.24) is 0 Å². The van der Waals surface area contributed by atoms with E-state index < -0.39 is 17.3 Å². The summed E-state index contributed by atoms with van der Waals surface area (Å²) < 4.78 is 17.8. The van der Waals surface area contributed by atoms with E-state index in [9.17, 15) is 14.3 Å². The number of hydrogen-bond donors (Lipinski definition) is 2. The van der Waals surface area contributed by atoms with E-state index in [1.54, 1.807) is 6.07 Å². The van der Waals surface area contributed by atoms with Gasteiger partial charge in [0.25, 0.3) is 5.91 Å². The molecule has 1 aliphatic rings. The molecule has 86 valence electrons. The average Bonchev–Trinajstić information content (AvgIpc) is 2.66. The number of halogens is 1. The molecule has 2 rings (SSSR count). The molecule has 0 spiro atoms. The van der Waals surface area contributed by atoms with Crippen LogP contribution in [0.5, 0.6) is 0 Å². The van der Waals surface area contributed by atoms with Crippen LogP contribution in [-0.2, 0) is 9.53 Å². The SMILES string of the molecule is O=C(Nc1cccc(F)c1)C1(O)CCOC1. The second kappa shape index (κ2) is 4.19. The lowest BCUT2D eigenvalue weighted by molar-refractivity contribution is -0.133. The van der Waals surface area contributed by atoms with E-state index in [4.69, 9.17) is 4.74 Å². The third-order valence-corrected chi connectivity index (χ3v) is 2.51. The molecular formula is C11H12FNO3. The summed E-state index contributed by atoms with van der Waals surface area (Å²) in [4.78, 5) is 11.7. The summed E-state index contributed by atoms with van der Waals surface area (Å²) in [6.45, 7) is 0.335. The first kappa shape index (κ1) is 11.0. The quantitative estimate of drug-likeness (QED) is 0.786. The third-order valence-electron chi connectivity index (χ3n) is 2.51. The topological polar surface area (TPSA) is 58.6 Å². The van der Waals surface area contributed by atoms with Gasteiger partial charge in [-0.2, -0.15) is 0 Å². The first-order valence-corrected chi connectivity index (χ1v) is 4.97. The molecule has 1 atom stereocenters. The Morgan fingerprint density at radius 2 is 2.38 bits per heavy atom. The van der Waals surface area contributed by atoms with Gasteiger partial charge in [0, 0.05) is 12.1 Å². The van der Waals surface area contributed by atoms with Gasteiger partial charge in [0.1, 0.15) is 5.82 Å². The molecule has 1 fully saturated rings. The number of hydrogen-bond acceptors (Lipinski definition) is 3.